The molecule has 23 heavy (non-hydrogen) atoms. The average Bonchev–Trinajstić information content (AvgIpc) is 2.62. The van der Waals surface area contributed by atoms with Gasteiger partial charge in [0.05, 0.1) is 17.2 Å². The van der Waals surface area contributed by atoms with Gasteiger partial charge in [0.25, 0.3) is 0 Å². The fraction of sp³-hybridized carbons (Fsp3) is 0.562. The van der Waals surface area contributed by atoms with Crippen LogP contribution in [0.5, 0.6) is 0 Å². The van der Waals surface area contributed by atoms with Crippen molar-refractivity contribution in [2.24, 2.45) is 5.73 Å². The van der Waals surface area contributed by atoms with Crippen molar-refractivity contribution in [2.75, 3.05) is 44.3 Å². The lowest BCUT2D eigenvalue weighted by molar-refractivity contribution is -0.140. The Morgan fingerprint density at radius 1 is 1.30 bits per heavy atom. The van der Waals surface area contributed by atoms with Crippen molar-refractivity contribution in [3.63, 3.8) is 0 Å². The van der Waals surface area contributed by atoms with E-state index >= 15 is 0 Å². The molecule has 2 aliphatic rings. The molecule has 1 aromatic heterocycles. The Bertz CT molecular complexity index is 613. The van der Waals surface area contributed by atoms with E-state index in [1.807, 2.05) is 4.90 Å². The predicted octanol–water partition coefficient (Wildman–Crippen LogP) is 0.110. The van der Waals surface area contributed by atoms with Crippen molar-refractivity contribution in [3.8, 4) is 6.07 Å². The molecular formula is C16H21N5O2. The molecule has 0 unspecified atom stereocenters. The maximum atomic E-state index is 12.7. The maximum Gasteiger partial charge on any atom is 0.242 e. The van der Waals surface area contributed by atoms with E-state index < -0.39 is 5.54 Å². The summed E-state index contributed by atoms with van der Waals surface area (Å²) in [6.07, 6.45) is 2.80. The van der Waals surface area contributed by atoms with Crippen LogP contribution in [-0.2, 0) is 9.53 Å². The highest BCUT2D eigenvalue weighted by Gasteiger charge is 2.39. The van der Waals surface area contributed by atoms with Crippen LogP contribution >= 0.6 is 0 Å². The highest BCUT2D eigenvalue weighted by atomic mass is 16.5. The van der Waals surface area contributed by atoms with Crippen molar-refractivity contribution < 1.29 is 9.53 Å². The number of rotatable bonds is 2. The first kappa shape index (κ1) is 15.7. The number of hydrogen-bond donors (Lipinski definition) is 1. The van der Waals surface area contributed by atoms with Crippen molar-refractivity contribution >= 4 is 11.7 Å². The first-order valence-electron chi connectivity index (χ1n) is 7.89. The summed E-state index contributed by atoms with van der Waals surface area (Å²) in [5, 5.41) is 8.97. The first-order valence-corrected chi connectivity index (χ1v) is 7.89. The molecule has 0 spiro atoms. The topological polar surface area (TPSA) is 95.5 Å². The minimum atomic E-state index is -0.778. The van der Waals surface area contributed by atoms with Gasteiger partial charge < -0.3 is 20.3 Å². The number of amides is 1. The van der Waals surface area contributed by atoms with Crippen LogP contribution in [0.4, 0.5) is 5.82 Å². The smallest absolute Gasteiger partial charge is 0.242 e. The number of carbonyl (C=O) groups is 1. The molecule has 2 N–H and O–H groups in total. The number of pyridine rings is 1. The predicted molar refractivity (Wildman–Crippen MR) is 84.7 cm³/mol. The molecule has 7 nitrogen and oxygen atoms in total. The third kappa shape index (κ3) is 3.28. The molecular weight excluding hydrogens is 294 g/mol. The number of anilines is 1. The zero-order valence-corrected chi connectivity index (χ0v) is 13.1. The molecule has 0 saturated carbocycles. The molecule has 0 aliphatic carbocycles. The first-order chi connectivity index (χ1) is 11.1. The Labute approximate surface area is 135 Å². The van der Waals surface area contributed by atoms with Crippen LogP contribution in [0.25, 0.3) is 0 Å². The van der Waals surface area contributed by atoms with Crippen molar-refractivity contribution in [1.82, 2.24) is 9.88 Å². The molecule has 122 valence electrons. The average molecular weight is 315 g/mol. The van der Waals surface area contributed by atoms with Crippen LogP contribution < -0.4 is 10.6 Å². The Balaban J connectivity index is 1.62. The Morgan fingerprint density at radius 2 is 2.00 bits per heavy atom. The molecule has 3 rings (SSSR count). The van der Waals surface area contributed by atoms with Gasteiger partial charge in [-0.15, -0.1) is 0 Å². The summed E-state index contributed by atoms with van der Waals surface area (Å²) in [5.41, 5.74) is 6.10. The van der Waals surface area contributed by atoms with Gasteiger partial charge in [0, 0.05) is 45.6 Å². The van der Waals surface area contributed by atoms with E-state index in [2.05, 4.69) is 16.0 Å². The second-order valence-corrected chi connectivity index (χ2v) is 6.06. The van der Waals surface area contributed by atoms with Crippen molar-refractivity contribution in [3.05, 3.63) is 23.9 Å². The summed E-state index contributed by atoms with van der Waals surface area (Å²) in [6.45, 7) is 3.73. The van der Waals surface area contributed by atoms with Crippen LogP contribution in [0.3, 0.4) is 0 Å². The minimum Gasteiger partial charge on any atom is -0.381 e. The van der Waals surface area contributed by atoms with Crippen LogP contribution in [-0.4, -0.2) is 60.7 Å². The molecule has 1 aromatic rings. The van der Waals surface area contributed by atoms with Crippen LogP contribution in [0, 0.1) is 11.3 Å². The highest BCUT2D eigenvalue weighted by Crippen LogP contribution is 2.22. The molecule has 0 bridgehead atoms. The molecule has 2 aliphatic heterocycles. The second-order valence-electron chi connectivity index (χ2n) is 6.06. The molecule has 3 heterocycles. The molecule has 0 aromatic carbocycles. The third-order valence-corrected chi connectivity index (χ3v) is 4.58. The molecule has 2 saturated heterocycles. The molecule has 1 amide bonds. The summed E-state index contributed by atoms with van der Waals surface area (Å²) < 4.78 is 5.31. The van der Waals surface area contributed by atoms with Gasteiger partial charge >= 0.3 is 0 Å². The van der Waals surface area contributed by atoms with Crippen molar-refractivity contribution in [1.29, 1.82) is 5.26 Å². The summed E-state index contributed by atoms with van der Waals surface area (Å²) in [5.74, 6) is 0.809. The number of hydrogen-bond acceptors (Lipinski definition) is 6. The molecule has 2 fully saturated rings. The van der Waals surface area contributed by atoms with E-state index in [9.17, 15) is 4.79 Å². The van der Waals surface area contributed by atoms with Gasteiger partial charge in [-0.05, 0) is 25.0 Å². The van der Waals surface area contributed by atoms with Gasteiger partial charge in [0.1, 0.15) is 5.82 Å². The minimum absolute atomic E-state index is 0.0270. The molecule has 0 radical (unpaired) electrons. The number of nitrogens with zero attached hydrogens (tertiary/aromatic N) is 4. The van der Waals surface area contributed by atoms with Crippen LogP contribution in [0.2, 0.25) is 0 Å². The van der Waals surface area contributed by atoms with E-state index in [1.165, 1.54) is 0 Å². The highest BCUT2D eigenvalue weighted by molar-refractivity contribution is 5.86. The van der Waals surface area contributed by atoms with Gasteiger partial charge in [-0.1, -0.05) is 0 Å². The van der Waals surface area contributed by atoms with E-state index in [-0.39, 0.29) is 5.91 Å². The standard InChI is InChI=1S/C16H21N5O2/c17-12-13-1-4-19-14(11-13)20-5-7-21(8-6-20)15(22)16(18)2-9-23-10-3-16/h1,4,11H,2-3,5-10,18H2. The normalized spacial score (nSPS) is 20.9. The quantitative estimate of drug-likeness (QED) is 0.832. The third-order valence-electron chi connectivity index (χ3n) is 4.58. The fourth-order valence-corrected chi connectivity index (χ4v) is 3.06. The van der Waals surface area contributed by atoms with E-state index in [1.54, 1.807) is 18.3 Å². The number of aromatic nitrogens is 1. The summed E-state index contributed by atoms with van der Waals surface area (Å²) >= 11 is 0. The zero-order chi connectivity index (χ0) is 16.3. The van der Waals surface area contributed by atoms with Gasteiger partial charge in [0.15, 0.2) is 0 Å². The Morgan fingerprint density at radius 3 is 2.65 bits per heavy atom. The van der Waals surface area contributed by atoms with Gasteiger partial charge in [-0.2, -0.15) is 5.26 Å². The lowest BCUT2D eigenvalue weighted by Crippen LogP contribution is -2.61. The number of nitrogens with two attached hydrogens (primary N) is 1. The van der Waals surface area contributed by atoms with Crippen molar-refractivity contribution in [2.45, 2.75) is 18.4 Å². The fourth-order valence-electron chi connectivity index (χ4n) is 3.06. The van der Waals surface area contributed by atoms with Gasteiger partial charge in [-0.25, -0.2) is 4.98 Å². The number of carbonyl (C=O) groups excluding carboxylic acids is 1. The SMILES string of the molecule is N#Cc1ccnc(N2CCN(C(=O)C3(N)CCOCC3)CC2)c1. The monoisotopic (exact) mass is 315 g/mol. The van der Waals surface area contributed by atoms with E-state index in [0.29, 0.717) is 57.8 Å². The van der Waals surface area contributed by atoms with Crippen LogP contribution in [0.1, 0.15) is 18.4 Å². The maximum absolute atomic E-state index is 12.7. The second kappa shape index (κ2) is 6.52. The largest absolute Gasteiger partial charge is 0.381 e. The van der Waals surface area contributed by atoms with Gasteiger partial charge in [-0.3, -0.25) is 4.79 Å². The lowest BCUT2D eigenvalue weighted by atomic mass is 9.89. The Kier molecular flexibility index (Phi) is 4.46. The Hall–Kier alpha value is -2.17. The van der Waals surface area contributed by atoms with Gasteiger partial charge in [0.2, 0.25) is 5.91 Å². The van der Waals surface area contributed by atoms with Crippen LogP contribution in [0.15, 0.2) is 18.3 Å². The summed E-state index contributed by atoms with van der Waals surface area (Å²) in [4.78, 5) is 20.9. The number of piperazine rings is 1. The van der Waals surface area contributed by atoms with E-state index in [4.69, 9.17) is 15.7 Å². The lowest BCUT2D eigenvalue weighted by Gasteiger charge is -2.41. The molecule has 0 atom stereocenters. The number of ether oxygens (including phenoxy) is 1. The zero-order valence-electron chi connectivity index (χ0n) is 13.1. The number of nitriles is 1. The summed E-state index contributed by atoms with van der Waals surface area (Å²) in [7, 11) is 0. The van der Waals surface area contributed by atoms with E-state index in [0.717, 1.165) is 5.82 Å². The summed E-state index contributed by atoms with van der Waals surface area (Å²) in [6, 6.07) is 5.59. The molecule has 7 heteroatoms.